The van der Waals surface area contributed by atoms with Gasteiger partial charge in [-0.05, 0) is 32.0 Å². The lowest BCUT2D eigenvalue weighted by atomic mass is 10.2. The predicted octanol–water partition coefficient (Wildman–Crippen LogP) is 4.30. The molecule has 0 saturated carbocycles. The minimum Gasteiger partial charge on any atom is -0.310 e. The highest BCUT2D eigenvalue weighted by molar-refractivity contribution is 6.35. The largest absolute Gasteiger partial charge is 0.310 e. The molecule has 1 heterocycles. The quantitative estimate of drug-likeness (QED) is 0.862. The second kappa shape index (κ2) is 7.11. The molecule has 1 unspecified atom stereocenters. The summed E-state index contributed by atoms with van der Waals surface area (Å²) in [7, 11) is 0. The third kappa shape index (κ3) is 3.75. The van der Waals surface area contributed by atoms with Crippen molar-refractivity contribution in [1.29, 1.82) is 0 Å². The molecule has 1 aromatic carbocycles. The van der Waals surface area contributed by atoms with Crippen molar-refractivity contribution in [2.45, 2.75) is 32.9 Å². The van der Waals surface area contributed by atoms with E-state index in [2.05, 4.69) is 24.3 Å². The first-order chi connectivity index (χ1) is 9.61. The lowest BCUT2D eigenvalue weighted by molar-refractivity contribution is 0.569. The van der Waals surface area contributed by atoms with E-state index in [1.807, 2.05) is 35.3 Å². The van der Waals surface area contributed by atoms with E-state index in [0.29, 0.717) is 22.6 Å². The standard InChI is InChI=1S/C15H19Cl2N3/c1-3-7-18-11(2)12-8-19-20(9-12)10-13-14(16)5-4-6-15(13)17/h4-6,8-9,11,18H,3,7,10H2,1-2H3. The van der Waals surface area contributed by atoms with Crippen molar-refractivity contribution in [2.24, 2.45) is 0 Å². The average molecular weight is 312 g/mol. The molecule has 0 aliphatic carbocycles. The van der Waals surface area contributed by atoms with E-state index in [1.165, 1.54) is 5.56 Å². The second-order valence-electron chi connectivity index (χ2n) is 4.85. The van der Waals surface area contributed by atoms with Gasteiger partial charge in [-0.15, -0.1) is 0 Å². The van der Waals surface area contributed by atoms with E-state index in [-0.39, 0.29) is 0 Å². The smallest absolute Gasteiger partial charge is 0.0688 e. The number of aromatic nitrogens is 2. The van der Waals surface area contributed by atoms with Crippen LogP contribution < -0.4 is 5.32 Å². The van der Waals surface area contributed by atoms with Crippen LogP contribution >= 0.6 is 23.2 Å². The number of rotatable bonds is 6. The maximum atomic E-state index is 6.18. The molecule has 0 radical (unpaired) electrons. The van der Waals surface area contributed by atoms with Crippen LogP contribution in [0.1, 0.15) is 37.4 Å². The van der Waals surface area contributed by atoms with Crippen LogP contribution in [0, 0.1) is 0 Å². The summed E-state index contributed by atoms with van der Waals surface area (Å²) in [5.41, 5.74) is 2.07. The monoisotopic (exact) mass is 311 g/mol. The molecule has 0 aliphatic rings. The van der Waals surface area contributed by atoms with E-state index >= 15 is 0 Å². The van der Waals surface area contributed by atoms with Crippen LogP contribution in [-0.2, 0) is 6.54 Å². The van der Waals surface area contributed by atoms with Gasteiger partial charge in [-0.3, -0.25) is 4.68 Å². The van der Waals surface area contributed by atoms with Crippen LogP contribution in [0.3, 0.4) is 0 Å². The average Bonchev–Trinajstić information content (AvgIpc) is 2.89. The van der Waals surface area contributed by atoms with Crippen LogP contribution in [0.2, 0.25) is 10.0 Å². The Kier molecular flexibility index (Phi) is 5.46. The van der Waals surface area contributed by atoms with Gasteiger partial charge < -0.3 is 5.32 Å². The molecule has 0 fully saturated rings. The molecular weight excluding hydrogens is 293 g/mol. The Labute approximate surface area is 129 Å². The van der Waals surface area contributed by atoms with E-state index in [9.17, 15) is 0 Å². The number of nitrogens with one attached hydrogen (secondary N) is 1. The molecular formula is C15H19Cl2N3. The van der Waals surface area contributed by atoms with Crippen LogP contribution in [0.4, 0.5) is 0 Å². The molecule has 0 amide bonds. The van der Waals surface area contributed by atoms with Gasteiger partial charge in [0.05, 0.1) is 12.7 Å². The van der Waals surface area contributed by atoms with Gasteiger partial charge in [0, 0.05) is 33.4 Å². The fraction of sp³-hybridized carbons (Fsp3) is 0.400. The minimum atomic E-state index is 0.297. The van der Waals surface area contributed by atoms with Gasteiger partial charge in [0.1, 0.15) is 0 Å². The fourth-order valence-corrected chi connectivity index (χ4v) is 2.53. The minimum absolute atomic E-state index is 0.297. The lowest BCUT2D eigenvalue weighted by Crippen LogP contribution is -2.18. The summed E-state index contributed by atoms with van der Waals surface area (Å²) in [6.45, 7) is 5.88. The van der Waals surface area contributed by atoms with Gasteiger partial charge in [-0.2, -0.15) is 5.10 Å². The van der Waals surface area contributed by atoms with Gasteiger partial charge >= 0.3 is 0 Å². The molecule has 2 aromatic rings. The first-order valence-electron chi connectivity index (χ1n) is 6.80. The molecule has 3 nitrogen and oxygen atoms in total. The molecule has 2 rings (SSSR count). The first-order valence-corrected chi connectivity index (χ1v) is 7.56. The fourth-order valence-electron chi connectivity index (χ4n) is 2.01. The molecule has 108 valence electrons. The summed E-state index contributed by atoms with van der Waals surface area (Å²) in [6.07, 6.45) is 5.04. The summed E-state index contributed by atoms with van der Waals surface area (Å²) in [4.78, 5) is 0. The predicted molar refractivity (Wildman–Crippen MR) is 84.5 cm³/mol. The molecule has 0 bridgehead atoms. The Balaban J connectivity index is 2.10. The summed E-state index contributed by atoms with van der Waals surface area (Å²) >= 11 is 12.4. The molecule has 1 atom stereocenters. The zero-order valence-corrected chi connectivity index (χ0v) is 13.2. The van der Waals surface area contributed by atoms with Crippen LogP contribution in [0.25, 0.3) is 0 Å². The number of hydrogen-bond donors (Lipinski definition) is 1. The summed E-state index contributed by atoms with van der Waals surface area (Å²) in [6, 6.07) is 5.84. The third-order valence-corrected chi connectivity index (χ3v) is 3.94. The number of nitrogens with zero attached hydrogens (tertiary/aromatic N) is 2. The van der Waals surface area contributed by atoms with Crippen molar-refractivity contribution in [3.63, 3.8) is 0 Å². The van der Waals surface area contributed by atoms with Gasteiger partial charge in [-0.25, -0.2) is 0 Å². The van der Waals surface area contributed by atoms with Crippen molar-refractivity contribution in [3.05, 3.63) is 51.8 Å². The van der Waals surface area contributed by atoms with Gasteiger partial charge in [0.25, 0.3) is 0 Å². The Morgan fingerprint density at radius 3 is 2.65 bits per heavy atom. The van der Waals surface area contributed by atoms with Crippen LogP contribution in [0.15, 0.2) is 30.6 Å². The molecule has 1 N–H and O–H groups in total. The van der Waals surface area contributed by atoms with E-state index < -0.39 is 0 Å². The molecule has 0 aliphatic heterocycles. The highest BCUT2D eigenvalue weighted by atomic mass is 35.5. The van der Waals surface area contributed by atoms with Crippen molar-refractivity contribution in [2.75, 3.05) is 6.54 Å². The number of hydrogen-bond acceptors (Lipinski definition) is 2. The Morgan fingerprint density at radius 2 is 2.00 bits per heavy atom. The molecule has 5 heteroatoms. The van der Waals surface area contributed by atoms with E-state index in [4.69, 9.17) is 23.2 Å². The zero-order chi connectivity index (χ0) is 14.5. The number of benzene rings is 1. The molecule has 0 saturated heterocycles. The highest BCUT2D eigenvalue weighted by Gasteiger charge is 2.10. The van der Waals surface area contributed by atoms with Crippen LogP contribution in [0.5, 0.6) is 0 Å². The first kappa shape index (κ1) is 15.4. The van der Waals surface area contributed by atoms with Gasteiger partial charge in [-0.1, -0.05) is 36.2 Å². The topological polar surface area (TPSA) is 29.9 Å². The van der Waals surface area contributed by atoms with Crippen molar-refractivity contribution in [3.8, 4) is 0 Å². The molecule has 20 heavy (non-hydrogen) atoms. The van der Waals surface area contributed by atoms with Crippen molar-refractivity contribution < 1.29 is 0 Å². The molecule has 1 aromatic heterocycles. The Bertz CT molecular complexity index is 546. The summed E-state index contributed by atoms with van der Waals surface area (Å²) in [5, 5.41) is 9.17. The lowest BCUT2D eigenvalue weighted by Gasteiger charge is -2.10. The van der Waals surface area contributed by atoms with Crippen LogP contribution in [-0.4, -0.2) is 16.3 Å². The number of halogens is 2. The van der Waals surface area contributed by atoms with Crippen molar-refractivity contribution in [1.82, 2.24) is 15.1 Å². The summed E-state index contributed by atoms with van der Waals surface area (Å²) in [5.74, 6) is 0. The van der Waals surface area contributed by atoms with E-state index in [1.54, 1.807) is 0 Å². The Morgan fingerprint density at radius 1 is 1.30 bits per heavy atom. The van der Waals surface area contributed by atoms with Gasteiger partial charge in [0.2, 0.25) is 0 Å². The Hall–Kier alpha value is -1.03. The van der Waals surface area contributed by atoms with Crippen molar-refractivity contribution >= 4 is 23.2 Å². The van der Waals surface area contributed by atoms with E-state index in [0.717, 1.165) is 18.5 Å². The normalized spacial score (nSPS) is 12.6. The zero-order valence-electron chi connectivity index (χ0n) is 11.7. The maximum Gasteiger partial charge on any atom is 0.0688 e. The third-order valence-electron chi connectivity index (χ3n) is 3.24. The SMILES string of the molecule is CCCNC(C)c1cnn(Cc2c(Cl)cccc2Cl)c1. The summed E-state index contributed by atoms with van der Waals surface area (Å²) < 4.78 is 1.87. The highest BCUT2D eigenvalue weighted by Crippen LogP contribution is 2.25. The molecule has 0 spiro atoms. The second-order valence-corrected chi connectivity index (χ2v) is 5.66. The van der Waals surface area contributed by atoms with Gasteiger partial charge in [0.15, 0.2) is 0 Å². The maximum absolute atomic E-state index is 6.18.